The van der Waals surface area contributed by atoms with Crippen molar-refractivity contribution in [2.45, 2.75) is 50.8 Å². The van der Waals surface area contributed by atoms with Gasteiger partial charge in [0.25, 0.3) is 0 Å². The van der Waals surface area contributed by atoms with E-state index < -0.39 is 6.10 Å². The first kappa shape index (κ1) is 18.3. The number of hydrogen-bond donors (Lipinski definition) is 1. The zero-order valence-electron chi connectivity index (χ0n) is 15.5. The van der Waals surface area contributed by atoms with Gasteiger partial charge in [0.05, 0.1) is 22.8 Å². The highest BCUT2D eigenvalue weighted by atomic mass is 32.1. The van der Waals surface area contributed by atoms with Gasteiger partial charge in [-0.3, -0.25) is 4.99 Å². The summed E-state index contributed by atoms with van der Waals surface area (Å²) in [5.74, 6) is 0.781. The van der Waals surface area contributed by atoms with Crippen LogP contribution in [0.4, 0.5) is 0 Å². The highest BCUT2D eigenvalue weighted by Crippen LogP contribution is 2.22. The zero-order valence-corrected chi connectivity index (χ0v) is 16.3. The predicted octanol–water partition coefficient (Wildman–Crippen LogP) is 4.38. The molecule has 3 aromatic rings. The molecule has 4 rings (SSSR count). The zero-order chi connectivity index (χ0) is 18.5. The SMILES string of the molecule is O[C@@H](COc1ccccc1)Cn1c(=NC2CCCCC2)sc2ccccc21. The van der Waals surface area contributed by atoms with Crippen molar-refractivity contribution < 1.29 is 9.84 Å². The molecule has 0 bridgehead atoms. The van der Waals surface area contributed by atoms with Gasteiger partial charge in [-0.1, -0.05) is 60.9 Å². The lowest BCUT2D eigenvalue weighted by molar-refractivity contribution is 0.0928. The van der Waals surface area contributed by atoms with Gasteiger partial charge < -0.3 is 14.4 Å². The fraction of sp³-hybridized carbons (Fsp3) is 0.409. The Balaban J connectivity index is 1.55. The van der Waals surface area contributed by atoms with E-state index >= 15 is 0 Å². The van der Waals surface area contributed by atoms with E-state index in [0.29, 0.717) is 12.6 Å². The third-order valence-corrected chi connectivity index (χ3v) is 6.11. The van der Waals surface area contributed by atoms with Gasteiger partial charge in [-0.2, -0.15) is 0 Å². The third-order valence-electron chi connectivity index (χ3n) is 5.03. The van der Waals surface area contributed by atoms with Gasteiger partial charge in [0.1, 0.15) is 18.5 Å². The molecule has 2 aromatic carbocycles. The summed E-state index contributed by atoms with van der Waals surface area (Å²) in [6.45, 7) is 0.756. The van der Waals surface area contributed by atoms with E-state index in [9.17, 15) is 5.11 Å². The number of aromatic nitrogens is 1. The summed E-state index contributed by atoms with van der Waals surface area (Å²) in [7, 11) is 0. The maximum Gasteiger partial charge on any atom is 0.186 e. The minimum absolute atomic E-state index is 0.268. The number of rotatable bonds is 6. The number of thiazole rings is 1. The van der Waals surface area contributed by atoms with Crippen LogP contribution in [0.1, 0.15) is 32.1 Å². The second-order valence-corrected chi connectivity index (χ2v) is 8.17. The predicted molar refractivity (Wildman–Crippen MR) is 110 cm³/mol. The van der Waals surface area contributed by atoms with E-state index in [4.69, 9.17) is 9.73 Å². The van der Waals surface area contributed by atoms with Crippen LogP contribution in [0.2, 0.25) is 0 Å². The number of nitrogens with zero attached hydrogens (tertiary/aromatic N) is 2. The quantitative estimate of drug-likeness (QED) is 0.688. The first-order valence-electron chi connectivity index (χ1n) is 9.78. The molecule has 1 aromatic heterocycles. The summed E-state index contributed by atoms with van der Waals surface area (Å²) in [5.41, 5.74) is 1.14. The van der Waals surface area contributed by atoms with E-state index in [1.54, 1.807) is 11.3 Å². The second-order valence-electron chi connectivity index (χ2n) is 7.16. The number of fused-ring (bicyclic) bond motifs is 1. The molecular weight excluding hydrogens is 356 g/mol. The van der Waals surface area contributed by atoms with Crippen molar-refractivity contribution in [3.8, 4) is 5.75 Å². The number of ether oxygens (including phenoxy) is 1. The molecule has 142 valence electrons. The number of para-hydroxylation sites is 2. The van der Waals surface area contributed by atoms with Crippen LogP contribution in [-0.4, -0.2) is 28.4 Å². The molecule has 1 aliphatic carbocycles. The normalized spacial score (nSPS) is 17.3. The molecule has 27 heavy (non-hydrogen) atoms. The Labute approximate surface area is 163 Å². The molecule has 0 saturated heterocycles. The second kappa shape index (κ2) is 8.72. The summed E-state index contributed by atoms with van der Waals surface area (Å²) >= 11 is 1.72. The molecule has 4 nitrogen and oxygen atoms in total. The van der Waals surface area contributed by atoms with E-state index in [1.165, 1.54) is 36.8 Å². The van der Waals surface area contributed by atoms with E-state index in [0.717, 1.165) is 16.1 Å². The van der Waals surface area contributed by atoms with Gasteiger partial charge in [-0.15, -0.1) is 0 Å². The lowest BCUT2D eigenvalue weighted by Gasteiger charge is -2.18. The Bertz CT molecular complexity index is 926. The Morgan fingerprint density at radius 3 is 2.59 bits per heavy atom. The van der Waals surface area contributed by atoms with Crippen molar-refractivity contribution in [3.63, 3.8) is 0 Å². The molecule has 1 atom stereocenters. The summed E-state index contributed by atoms with van der Waals surface area (Å²) in [6, 6.07) is 18.4. The molecular formula is C22H26N2O2S. The van der Waals surface area contributed by atoms with E-state index in [-0.39, 0.29) is 6.61 Å². The van der Waals surface area contributed by atoms with Gasteiger partial charge in [0.2, 0.25) is 0 Å². The summed E-state index contributed by atoms with van der Waals surface area (Å²) in [5, 5.41) is 10.6. The highest BCUT2D eigenvalue weighted by molar-refractivity contribution is 7.16. The average Bonchev–Trinajstić information content (AvgIpc) is 3.05. The summed E-state index contributed by atoms with van der Waals surface area (Å²) in [4.78, 5) is 6.07. The molecule has 0 aliphatic heterocycles. The largest absolute Gasteiger partial charge is 0.491 e. The molecule has 0 spiro atoms. The topological polar surface area (TPSA) is 46.8 Å². The fourth-order valence-corrected chi connectivity index (χ4v) is 4.75. The third kappa shape index (κ3) is 4.60. The molecule has 0 amide bonds. The van der Waals surface area contributed by atoms with Gasteiger partial charge in [0, 0.05) is 0 Å². The van der Waals surface area contributed by atoms with Crippen LogP contribution in [0.5, 0.6) is 5.75 Å². The first-order valence-corrected chi connectivity index (χ1v) is 10.6. The average molecular weight is 383 g/mol. The highest BCUT2D eigenvalue weighted by Gasteiger charge is 2.15. The standard InChI is InChI=1S/C22H26N2O2S/c25-18(16-26-19-11-5-2-6-12-19)15-24-20-13-7-8-14-21(20)27-22(24)23-17-9-3-1-4-10-17/h2,5-8,11-14,17-18,25H,1,3-4,9-10,15-16H2/t18-/m1/s1. The van der Waals surface area contributed by atoms with Crippen molar-refractivity contribution >= 4 is 21.6 Å². The molecule has 1 N–H and O–H groups in total. The van der Waals surface area contributed by atoms with Crippen LogP contribution in [0, 0.1) is 0 Å². The molecule has 5 heteroatoms. The van der Waals surface area contributed by atoms with E-state index in [1.807, 2.05) is 36.4 Å². The molecule has 1 saturated carbocycles. The van der Waals surface area contributed by atoms with Gasteiger partial charge >= 0.3 is 0 Å². The Kier molecular flexibility index (Phi) is 5.90. The smallest absolute Gasteiger partial charge is 0.186 e. The van der Waals surface area contributed by atoms with Gasteiger partial charge in [0.15, 0.2) is 4.80 Å². The van der Waals surface area contributed by atoms with Crippen molar-refractivity contribution in [1.82, 2.24) is 4.57 Å². The lowest BCUT2D eigenvalue weighted by Crippen LogP contribution is -2.29. The minimum Gasteiger partial charge on any atom is -0.491 e. The molecule has 0 radical (unpaired) electrons. The van der Waals surface area contributed by atoms with Crippen LogP contribution < -0.4 is 9.54 Å². The van der Waals surface area contributed by atoms with Crippen LogP contribution in [0.3, 0.4) is 0 Å². The maximum atomic E-state index is 10.6. The number of hydrogen-bond acceptors (Lipinski definition) is 4. The minimum atomic E-state index is -0.589. The first-order chi connectivity index (χ1) is 13.3. The van der Waals surface area contributed by atoms with Crippen LogP contribution in [-0.2, 0) is 6.54 Å². The Hall–Kier alpha value is -2.11. The Morgan fingerprint density at radius 1 is 1.04 bits per heavy atom. The van der Waals surface area contributed by atoms with Gasteiger partial charge in [-0.05, 0) is 37.1 Å². The van der Waals surface area contributed by atoms with Crippen molar-refractivity contribution in [1.29, 1.82) is 0 Å². The Morgan fingerprint density at radius 2 is 1.78 bits per heavy atom. The van der Waals surface area contributed by atoms with Crippen LogP contribution >= 0.6 is 11.3 Å². The van der Waals surface area contributed by atoms with Crippen molar-refractivity contribution in [3.05, 3.63) is 59.4 Å². The summed E-state index contributed by atoms with van der Waals surface area (Å²) in [6.07, 6.45) is 5.63. The summed E-state index contributed by atoms with van der Waals surface area (Å²) < 4.78 is 9.10. The number of aliphatic hydroxyl groups is 1. The lowest BCUT2D eigenvalue weighted by atomic mass is 9.96. The number of aliphatic hydroxyl groups excluding tert-OH is 1. The van der Waals surface area contributed by atoms with Gasteiger partial charge in [-0.25, -0.2) is 0 Å². The molecule has 1 fully saturated rings. The van der Waals surface area contributed by atoms with Crippen molar-refractivity contribution in [2.75, 3.05) is 6.61 Å². The number of benzene rings is 2. The van der Waals surface area contributed by atoms with Crippen molar-refractivity contribution in [2.24, 2.45) is 4.99 Å². The maximum absolute atomic E-state index is 10.6. The van der Waals surface area contributed by atoms with Crippen LogP contribution in [0.25, 0.3) is 10.2 Å². The van der Waals surface area contributed by atoms with Crippen LogP contribution in [0.15, 0.2) is 59.6 Å². The molecule has 1 heterocycles. The molecule has 1 aliphatic rings. The molecule has 0 unspecified atom stereocenters. The van der Waals surface area contributed by atoms with E-state index in [2.05, 4.69) is 22.8 Å². The fourth-order valence-electron chi connectivity index (χ4n) is 3.63. The monoisotopic (exact) mass is 382 g/mol.